The van der Waals surface area contributed by atoms with E-state index in [0.717, 1.165) is 5.56 Å². The Hall–Kier alpha value is -2.65. The topological polar surface area (TPSA) is 63.3 Å². The van der Waals surface area contributed by atoms with Gasteiger partial charge in [-0.05, 0) is 41.3 Å². The van der Waals surface area contributed by atoms with Crippen LogP contribution in [-0.4, -0.2) is 11.1 Å². The number of carbonyl (C=O) groups is 1. The maximum atomic E-state index is 10.7. The Morgan fingerprint density at radius 2 is 1.52 bits per heavy atom. The Labute approximate surface area is 149 Å². The van der Waals surface area contributed by atoms with E-state index < -0.39 is 5.97 Å². The smallest absolute Gasteiger partial charge is 0.310 e. The highest BCUT2D eigenvalue weighted by molar-refractivity contribution is 5.83. The van der Waals surface area contributed by atoms with Crippen LogP contribution < -0.4 is 5.73 Å². The first-order chi connectivity index (χ1) is 12.0. The summed E-state index contributed by atoms with van der Waals surface area (Å²) >= 11 is 0. The second-order valence-electron chi connectivity index (χ2n) is 6.11. The maximum Gasteiger partial charge on any atom is 0.310 e. The molecule has 3 heteroatoms. The SMILES string of the molecule is CC(N)c1ccc2ccccc2c1.CCC(C(=O)O)c1ccccc1. The fourth-order valence-electron chi connectivity index (χ4n) is 2.73. The largest absolute Gasteiger partial charge is 0.481 e. The summed E-state index contributed by atoms with van der Waals surface area (Å²) < 4.78 is 0. The summed E-state index contributed by atoms with van der Waals surface area (Å²) in [6.45, 7) is 3.88. The molecule has 0 aromatic heterocycles. The van der Waals surface area contributed by atoms with Gasteiger partial charge in [0.2, 0.25) is 0 Å². The summed E-state index contributed by atoms with van der Waals surface area (Å²) in [5, 5.41) is 11.4. The van der Waals surface area contributed by atoms with Crippen LogP contribution in [0.5, 0.6) is 0 Å². The molecule has 0 aliphatic heterocycles. The molecule has 0 saturated heterocycles. The Morgan fingerprint density at radius 1 is 0.920 bits per heavy atom. The van der Waals surface area contributed by atoms with E-state index in [1.807, 2.05) is 56.3 Å². The van der Waals surface area contributed by atoms with E-state index in [2.05, 4.69) is 30.3 Å². The van der Waals surface area contributed by atoms with Crippen LogP contribution in [0.15, 0.2) is 72.8 Å². The molecule has 25 heavy (non-hydrogen) atoms. The number of benzene rings is 3. The number of carboxylic acid groups (broad SMARTS) is 1. The molecule has 3 rings (SSSR count). The minimum atomic E-state index is -0.747. The molecule has 130 valence electrons. The first kappa shape index (κ1) is 18.7. The molecule has 0 bridgehead atoms. The van der Waals surface area contributed by atoms with Gasteiger partial charge in [-0.25, -0.2) is 0 Å². The van der Waals surface area contributed by atoms with E-state index in [-0.39, 0.29) is 12.0 Å². The number of hydrogen-bond donors (Lipinski definition) is 2. The minimum absolute atomic E-state index is 0.115. The number of hydrogen-bond acceptors (Lipinski definition) is 2. The van der Waals surface area contributed by atoms with Gasteiger partial charge in [0.1, 0.15) is 0 Å². The van der Waals surface area contributed by atoms with Crippen LogP contribution in [0.25, 0.3) is 10.8 Å². The van der Waals surface area contributed by atoms with Gasteiger partial charge in [-0.2, -0.15) is 0 Å². The van der Waals surface area contributed by atoms with E-state index in [1.165, 1.54) is 16.3 Å². The van der Waals surface area contributed by atoms with Gasteiger partial charge < -0.3 is 10.8 Å². The van der Waals surface area contributed by atoms with Crippen LogP contribution in [0.1, 0.15) is 43.4 Å². The van der Waals surface area contributed by atoms with E-state index in [1.54, 1.807) is 0 Å². The molecule has 0 amide bonds. The molecule has 0 radical (unpaired) electrons. The zero-order chi connectivity index (χ0) is 18.2. The number of nitrogens with two attached hydrogens (primary N) is 1. The lowest BCUT2D eigenvalue weighted by molar-refractivity contribution is -0.138. The summed E-state index contributed by atoms with van der Waals surface area (Å²) in [6, 6.07) is 24.1. The molecule has 0 spiro atoms. The van der Waals surface area contributed by atoms with Gasteiger partial charge in [0, 0.05) is 6.04 Å². The van der Waals surface area contributed by atoms with Crippen molar-refractivity contribution in [1.29, 1.82) is 0 Å². The lowest BCUT2D eigenvalue weighted by Gasteiger charge is -2.08. The molecule has 3 aromatic rings. The van der Waals surface area contributed by atoms with E-state index in [0.29, 0.717) is 6.42 Å². The van der Waals surface area contributed by atoms with Crippen LogP contribution in [0.2, 0.25) is 0 Å². The Balaban J connectivity index is 0.000000181. The molecule has 2 unspecified atom stereocenters. The monoisotopic (exact) mass is 335 g/mol. The third kappa shape index (κ3) is 5.16. The van der Waals surface area contributed by atoms with E-state index >= 15 is 0 Å². The Morgan fingerprint density at radius 3 is 2.08 bits per heavy atom. The number of carboxylic acids is 1. The van der Waals surface area contributed by atoms with Crippen molar-refractivity contribution in [3.8, 4) is 0 Å². The third-order valence-corrected chi connectivity index (χ3v) is 4.21. The van der Waals surface area contributed by atoms with Gasteiger partial charge in [-0.1, -0.05) is 73.7 Å². The van der Waals surface area contributed by atoms with Crippen molar-refractivity contribution in [3.63, 3.8) is 0 Å². The lowest BCUT2D eigenvalue weighted by Crippen LogP contribution is -2.09. The molecule has 2 atom stereocenters. The summed E-state index contributed by atoms with van der Waals surface area (Å²) in [6.07, 6.45) is 0.638. The fraction of sp³-hybridized carbons (Fsp3) is 0.227. The van der Waals surface area contributed by atoms with Crippen molar-refractivity contribution >= 4 is 16.7 Å². The van der Waals surface area contributed by atoms with Crippen LogP contribution in [-0.2, 0) is 4.79 Å². The number of aliphatic carboxylic acids is 1. The zero-order valence-electron chi connectivity index (χ0n) is 14.7. The standard InChI is InChI=1S/C12H13N.C10H12O2/c1-9(13)11-7-6-10-4-2-3-5-12(10)8-11;1-2-9(10(11)12)8-6-4-3-5-7-8/h2-9H,13H2,1H3;3-7,9H,2H2,1H3,(H,11,12). The Bertz CT molecular complexity index is 812. The molecule has 0 aliphatic carbocycles. The van der Waals surface area contributed by atoms with Crippen molar-refractivity contribution in [2.24, 2.45) is 5.73 Å². The second kappa shape index (κ2) is 9.00. The van der Waals surface area contributed by atoms with Gasteiger partial charge in [-0.3, -0.25) is 4.79 Å². The van der Waals surface area contributed by atoms with Crippen LogP contribution >= 0.6 is 0 Å². The third-order valence-electron chi connectivity index (χ3n) is 4.21. The van der Waals surface area contributed by atoms with Gasteiger partial charge in [0.25, 0.3) is 0 Å². The van der Waals surface area contributed by atoms with Gasteiger partial charge in [0.05, 0.1) is 5.92 Å². The average molecular weight is 335 g/mol. The molecule has 0 heterocycles. The van der Waals surface area contributed by atoms with Crippen molar-refractivity contribution in [2.75, 3.05) is 0 Å². The van der Waals surface area contributed by atoms with E-state index in [4.69, 9.17) is 10.8 Å². The van der Waals surface area contributed by atoms with Crippen molar-refractivity contribution in [3.05, 3.63) is 83.9 Å². The molecule has 0 saturated carbocycles. The predicted molar refractivity (Wildman–Crippen MR) is 104 cm³/mol. The van der Waals surface area contributed by atoms with Crippen LogP contribution in [0.4, 0.5) is 0 Å². The van der Waals surface area contributed by atoms with Crippen LogP contribution in [0, 0.1) is 0 Å². The Kier molecular flexibility index (Phi) is 6.72. The quantitative estimate of drug-likeness (QED) is 0.695. The molecule has 3 aromatic carbocycles. The number of rotatable bonds is 4. The van der Waals surface area contributed by atoms with Gasteiger partial charge in [-0.15, -0.1) is 0 Å². The highest BCUT2D eigenvalue weighted by atomic mass is 16.4. The summed E-state index contributed by atoms with van der Waals surface area (Å²) in [4.78, 5) is 10.7. The summed E-state index contributed by atoms with van der Waals surface area (Å²) in [5.41, 5.74) is 7.88. The first-order valence-corrected chi connectivity index (χ1v) is 8.55. The average Bonchev–Trinajstić information content (AvgIpc) is 2.63. The summed E-state index contributed by atoms with van der Waals surface area (Å²) in [5.74, 6) is -1.10. The molecular weight excluding hydrogens is 310 g/mol. The molecule has 3 N–H and O–H groups in total. The first-order valence-electron chi connectivity index (χ1n) is 8.55. The van der Waals surface area contributed by atoms with Crippen molar-refractivity contribution in [2.45, 2.75) is 32.2 Å². The van der Waals surface area contributed by atoms with Crippen molar-refractivity contribution in [1.82, 2.24) is 0 Å². The fourth-order valence-corrected chi connectivity index (χ4v) is 2.73. The minimum Gasteiger partial charge on any atom is -0.481 e. The zero-order valence-corrected chi connectivity index (χ0v) is 14.7. The predicted octanol–water partition coefficient (Wildman–Crippen LogP) is 5.12. The highest BCUT2D eigenvalue weighted by Crippen LogP contribution is 2.19. The molecule has 0 aliphatic rings. The molecular formula is C22H25NO2. The van der Waals surface area contributed by atoms with Gasteiger partial charge >= 0.3 is 5.97 Å². The van der Waals surface area contributed by atoms with Gasteiger partial charge in [0.15, 0.2) is 0 Å². The molecule has 3 nitrogen and oxygen atoms in total. The maximum absolute atomic E-state index is 10.7. The summed E-state index contributed by atoms with van der Waals surface area (Å²) in [7, 11) is 0. The van der Waals surface area contributed by atoms with Crippen molar-refractivity contribution < 1.29 is 9.90 Å². The normalized spacial score (nSPS) is 12.8. The van der Waals surface area contributed by atoms with E-state index in [9.17, 15) is 4.79 Å². The number of fused-ring (bicyclic) bond motifs is 1. The lowest BCUT2D eigenvalue weighted by atomic mass is 9.97. The molecule has 0 fully saturated rings. The second-order valence-corrected chi connectivity index (χ2v) is 6.11. The highest BCUT2D eigenvalue weighted by Gasteiger charge is 2.16. The van der Waals surface area contributed by atoms with Crippen LogP contribution in [0.3, 0.4) is 0 Å².